The highest BCUT2D eigenvalue weighted by Crippen LogP contribution is 2.37. The van der Waals surface area contributed by atoms with Gasteiger partial charge in [0.15, 0.2) is 0 Å². The number of aromatic carboxylic acids is 2. The van der Waals surface area contributed by atoms with Crippen molar-refractivity contribution in [3.05, 3.63) is 94.5 Å². The van der Waals surface area contributed by atoms with Crippen LogP contribution in [0.1, 0.15) is 63.1 Å². The summed E-state index contributed by atoms with van der Waals surface area (Å²) in [6, 6.07) is 16.9. The molecule has 0 radical (unpaired) electrons. The molecule has 10 heteroatoms. The van der Waals surface area contributed by atoms with E-state index in [2.05, 4.69) is 5.32 Å². The highest BCUT2D eigenvalue weighted by atomic mass is 19.4. The number of carbonyl (C=O) groups is 3. The Bertz CT molecular complexity index is 1310. The summed E-state index contributed by atoms with van der Waals surface area (Å²) in [7, 11) is 0. The van der Waals surface area contributed by atoms with E-state index in [-0.39, 0.29) is 36.4 Å². The minimum atomic E-state index is -4.64. The van der Waals surface area contributed by atoms with Crippen molar-refractivity contribution < 1.29 is 42.5 Å². The summed E-state index contributed by atoms with van der Waals surface area (Å²) >= 11 is 0. The maximum atomic E-state index is 13.7. The number of nitrogens with one attached hydrogen (secondary N) is 1. The minimum Gasteiger partial charge on any atom is -0.493 e. The summed E-state index contributed by atoms with van der Waals surface area (Å²) in [6.45, 7) is 0.151. The van der Waals surface area contributed by atoms with E-state index in [0.29, 0.717) is 6.42 Å². The Hall–Kier alpha value is -4.34. The van der Waals surface area contributed by atoms with E-state index >= 15 is 0 Å². The number of rotatable bonds is 13. The van der Waals surface area contributed by atoms with Crippen molar-refractivity contribution in [1.82, 2.24) is 0 Å². The number of ether oxygens (including phenoxy) is 1. The van der Waals surface area contributed by atoms with Crippen LogP contribution in [0.2, 0.25) is 0 Å². The third kappa shape index (κ3) is 8.87. The molecule has 3 N–H and O–H groups in total. The predicted octanol–water partition coefficient (Wildman–Crippen LogP) is 6.46. The summed E-state index contributed by atoms with van der Waals surface area (Å²) in [5.41, 5.74) is -0.300. The first-order chi connectivity index (χ1) is 18.5. The van der Waals surface area contributed by atoms with Crippen LogP contribution in [0.15, 0.2) is 66.7 Å². The lowest BCUT2D eigenvalue weighted by atomic mass is 10.0. The molecule has 1 amide bonds. The van der Waals surface area contributed by atoms with E-state index in [0.717, 1.165) is 37.5 Å². The molecule has 0 aliphatic heterocycles. The second kappa shape index (κ2) is 13.5. The van der Waals surface area contributed by atoms with Crippen molar-refractivity contribution in [2.24, 2.45) is 0 Å². The van der Waals surface area contributed by atoms with E-state index in [4.69, 9.17) is 9.84 Å². The molecule has 206 valence electrons. The number of carbonyl (C=O) groups excluding carboxylic acids is 1. The van der Waals surface area contributed by atoms with Crippen LogP contribution in [0.4, 0.5) is 18.9 Å². The van der Waals surface area contributed by atoms with Gasteiger partial charge in [0.05, 0.1) is 23.3 Å². The molecule has 3 aromatic carbocycles. The number of carboxylic acids is 2. The number of benzene rings is 3. The molecule has 0 unspecified atom stereocenters. The summed E-state index contributed by atoms with van der Waals surface area (Å²) in [5.74, 6) is -3.74. The molecule has 0 spiro atoms. The molecular weight excluding hydrogens is 515 g/mol. The van der Waals surface area contributed by atoms with Gasteiger partial charge in [-0.05, 0) is 73.6 Å². The fourth-order valence-electron chi connectivity index (χ4n) is 3.98. The molecule has 0 atom stereocenters. The molecule has 0 aliphatic carbocycles. The maximum absolute atomic E-state index is 13.7. The molecular formula is C29H28F3NO6. The average Bonchev–Trinajstić information content (AvgIpc) is 2.89. The average molecular weight is 544 g/mol. The standard InChI is InChI=1S/C29H28F3NO6/c30-29(31,32)24-17-20(10-14-25(24)39-16-6-2-5-9-19-7-3-1-4-8-19)11-15-26(34)33-21-12-13-22(27(35)36)23(18-21)28(37)38/h1,3-4,7-8,10,12-14,17-18H,2,5-6,9,11,15-16H2,(H,33,34)(H,35,36)(H,37,38). The van der Waals surface area contributed by atoms with Gasteiger partial charge in [0, 0.05) is 12.1 Å². The van der Waals surface area contributed by atoms with E-state index in [9.17, 15) is 32.7 Å². The van der Waals surface area contributed by atoms with Gasteiger partial charge in [-0.15, -0.1) is 0 Å². The Morgan fingerprint density at radius 3 is 2.15 bits per heavy atom. The SMILES string of the molecule is O=C(CCc1ccc(OCCCCCc2ccccc2)c(C(F)(F)F)c1)Nc1ccc(C(=O)O)c(C(=O)O)c1. The van der Waals surface area contributed by atoms with E-state index in [1.807, 2.05) is 30.3 Å². The Balaban J connectivity index is 1.54. The van der Waals surface area contributed by atoms with E-state index in [1.54, 1.807) is 0 Å². The molecule has 7 nitrogen and oxygen atoms in total. The van der Waals surface area contributed by atoms with Gasteiger partial charge in [0.2, 0.25) is 5.91 Å². The van der Waals surface area contributed by atoms with Gasteiger partial charge in [-0.25, -0.2) is 9.59 Å². The first kappa shape index (κ1) is 29.2. The van der Waals surface area contributed by atoms with Gasteiger partial charge in [-0.3, -0.25) is 4.79 Å². The van der Waals surface area contributed by atoms with Crippen molar-refractivity contribution in [3.8, 4) is 5.75 Å². The molecule has 0 saturated heterocycles. The number of hydrogen-bond donors (Lipinski definition) is 3. The quantitative estimate of drug-likeness (QED) is 0.213. The molecule has 0 aromatic heterocycles. The summed E-state index contributed by atoms with van der Waals surface area (Å²) in [6.07, 6.45) is -1.59. The monoisotopic (exact) mass is 543 g/mol. The summed E-state index contributed by atoms with van der Waals surface area (Å²) < 4.78 is 46.5. The lowest BCUT2D eigenvalue weighted by Crippen LogP contribution is -2.15. The molecule has 0 heterocycles. The number of amides is 1. The van der Waals surface area contributed by atoms with Gasteiger partial charge in [-0.2, -0.15) is 13.2 Å². The Morgan fingerprint density at radius 2 is 1.49 bits per heavy atom. The number of unbranched alkanes of at least 4 members (excludes halogenated alkanes) is 2. The van der Waals surface area contributed by atoms with E-state index in [1.165, 1.54) is 23.8 Å². The van der Waals surface area contributed by atoms with Crippen LogP contribution in [0, 0.1) is 0 Å². The normalized spacial score (nSPS) is 11.2. The van der Waals surface area contributed by atoms with Crippen LogP contribution < -0.4 is 10.1 Å². The van der Waals surface area contributed by atoms with Crippen LogP contribution in [-0.4, -0.2) is 34.7 Å². The van der Waals surface area contributed by atoms with Gasteiger partial charge >= 0.3 is 18.1 Å². The van der Waals surface area contributed by atoms with E-state index < -0.39 is 40.7 Å². The smallest absolute Gasteiger partial charge is 0.419 e. The molecule has 0 bridgehead atoms. The van der Waals surface area contributed by atoms with Crippen LogP contribution in [0.3, 0.4) is 0 Å². The zero-order chi connectivity index (χ0) is 28.4. The molecule has 39 heavy (non-hydrogen) atoms. The van der Waals surface area contributed by atoms with Crippen LogP contribution in [0.25, 0.3) is 0 Å². The molecule has 0 aliphatic rings. The molecule has 0 saturated carbocycles. The molecule has 0 fully saturated rings. The Kier molecular flexibility index (Phi) is 10.1. The van der Waals surface area contributed by atoms with Crippen LogP contribution in [-0.2, 0) is 23.8 Å². The lowest BCUT2D eigenvalue weighted by Gasteiger charge is -2.15. The first-order valence-electron chi connectivity index (χ1n) is 12.3. The largest absolute Gasteiger partial charge is 0.493 e. The van der Waals surface area contributed by atoms with Crippen LogP contribution in [0.5, 0.6) is 5.75 Å². The fourth-order valence-corrected chi connectivity index (χ4v) is 3.98. The van der Waals surface area contributed by atoms with Gasteiger partial charge in [-0.1, -0.05) is 36.4 Å². The zero-order valence-electron chi connectivity index (χ0n) is 21.0. The fraction of sp³-hybridized carbons (Fsp3) is 0.276. The second-order valence-electron chi connectivity index (χ2n) is 8.89. The summed E-state index contributed by atoms with van der Waals surface area (Å²) in [5, 5.41) is 20.7. The third-order valence-corrected chi connectivity index (χ3v) is 5.96. The van der Waals surface area contributed by atoms with Crippen molar-refractivity contribution in [3.63, 3.8) is 0 Å². The number of aryl methyl sites for hydroxylation is 2. The number of halogens is 3. The molecule has 3 aromatic rings. The Morgan fingerprint density at radius 1 is 0.769 bits per heavy atom. The predicted molar refractivity (Wildman–Crippen MR) is 138 cm³/mol. The van der Waals surface area contributed by atoms with Gasteiger partial charge in [0.1, 0.15) is 5.75 Å². The number of hydrogen-bond acceptors (Lipinski definition) is 4. The minimum absolute atomic E-state index is 0.00627. The Labute approximate surface area is 223 Å². The van der Waals surface area contributed by atoms with Crippen molar-refractivity contribution in [2.45, 2.75) is 44.7 Å². The van der Waals surface area contributed by atoms with Crippen LogP contribution >= 0.6 is 0 Å². The first-order valence-corrected chi connectivity index (χ1v) is 12.3. The highest BCUT2D eigenvalue weighted by Gasteiger charge is 2.34. The van der Waals surface area contributed by atoms with Gasteiger partial charge < -0.3 is 20.3 Å². The molecule has 3 rings (SSSR count). The van der Waals surface area contributed by atoms with Crippen molar-refractivity contribution in [2.75, 3.05) is 11.9 Å². The summed E-state index contributed by atoms with van der Waals surface area (Å²) in [4.78, 5) is 34.8. The number of carboxylic acid groups (broad SMARTS) is 2. The second-order valence-corrected chi connectivity index (χ2v) is 8.89. The number of anilines is 1. The van der Waals surface area contributed by atoms with Crippen molar-refractivity contribution in [1.29, 1.82) is 0 Å². The third-order valence-electron chi connectivity index (χ3n) is 5.96. The lowest BCUT2D eigenvalue weighted by molar-refractivity contribution is -0.139. The topological polar surface area (TPSA) is 113 Å². The highest BCUT2D eigenvalue weighted by molar-refractivity contribution is 6.03. The zero-order valence-corrected chi connectivity index (χ0v) is 21.0. The van der Waals surface area contributed by atoms with Gasteiger partial charge in [0.25, 0.3) is 0 Å². The van der Waals surface area contributed by atoms with Crippen molar-refractivity contribution >= 4 is 23.5 Å². The maximum Gasteiger partial charge on any atom is 0.419 e. The number of alkyl halides is 3.